The highest BCUT2D eigenvalue weighted by Crippen LogP contribution is 2.69. The molecule has 5 heterocycles. The Morgan fingerprint density at radius 2 is 1.05 bits per heavy atom. The van der Waals surface area contributed by atoms with Gasteiger partial charge in [0.05, 0.1) is 11.2 Å². The van der Waals surface area contributed by atoms with Gasteiger partial charge >= 0.3 is 0 Å². The third kappa shape index (κ3) is 5.52. The van der Waals surface area contributed by atoms with Gasteiger partial charge in [0.25, 0.3) is 0 Å². The molecule has 0 saturated heterocycles. The van der Waals surface area contributed by atoms with Crippen LogP contribution in [0.5, 0.6) is 0 Å². The number of aromatic nitrogens is 8. The van der Waals surface area contributed by atoms with Gasteiger partial charge in [-0.05, 0) is 173 Å². The predicted molar refractivity (Wildman–Crippen MR) is 242 cm³/mol. The van der Waals surface area contributed by atoms with E-state index in [4.69, 9.17) is 19.9 Å². The van der Waals surface area contributed by atoms with Crippen LogP contribution in [-0.4, -0.2) is 39.9 Å². The molecule has 5 aliphatic carbocycles. The molecule has 0 aliphatic heterocycles. The summed E-state index contributed by atoms with van der Waals surface area (Å²) in [5, 5.41) is 1.10. The van der Waals surface area contributed by atoms with Gasteiger partial charge in [-0.15, -0.1) is 0 Å². The smallest absolute Gasteiger partial charge is 0.164 e. The van der Waals surface area contributed by atoms with Gasteiger partial charge in [0.1, 0.15) is 6.33 Å². The summed E-state index contributed by atoms with van der Waals surface area (Å²) in [5.74, 6) is 4.74. The van der Waals surface area contributed by atoms with Gasteiger partial charge in [0, 0.05) is 70.2 Å². The molecule has 5 aromatic heterocycles. The molecule has 0 amide bonds. The lowest BCUT2D eigenvalue weighted by Gasteiger charge is -2.61. The Labute approximate surface area is 359 Å². The van der Waals surface area contributed by atoms with E-state index in [-0.39, 0.29) is 5.41 Å². The first kappa shape index (κ1) is 35.4. The van der Waals surface area contributed by atoms with Crippen molar-refractivity contribution in [1.82, 2.24) is 39.9 Å². The minimum absolute atomic E-state index is 0.00681. The fraction of sp³-hybridized carbons (Fsp3) is 0.185. The normalized spacial score (nSPS) is 21.6. The first-order valence-corrected chi connectivity index (χ1v) is 21.8. The molecule has 4 saturated carbocycles. The summed E-state index contributed by atoms with van der Waals surface area (Å²) < 4.78 is 0. The zero-order valence-electron chi connectivity index (χ0n) is 33.9. The van der Waals surface area contributed by atoms with Gasteiger partial charge in [-0.25, -0.2) is 24.9 Å². The van der Waals surface area contributed by atoms with Crippen LogP contribution in [0, 0.1) is 23.7 Å². The average Bonchev–Trinajstić information content (AvgIpc) is 3.62. The molecule has 8 nitrogen and oxygen atoms in total. The Morgan fingerprint density at radius 3 is 1.76 bits per heavy atom. The highest BCUT2D eigenvalue weighted by molar-refractivity contribution is 5.96. The third-order valence-corrected chi connectivity index (χ3v) is 14.5. The summed E-state index contributed by atoms with van der Waals surface area (Å²) in [7, 11) is 0. The lowest BCUT2D eigenvalue weighted by Crippen LogP contribution is -2.55. The van der Waals surface area contributed by atoms with Gasteiger partial charge in [0.15, 0.2) is 17.5 Å². The second-order valence-corrected chi connectivity index (χ2v) is 17.7. The van der Waals surface area contributed by atoms with Crippen molar-refractivity contribution < 1.29 is 0 Å². The Bertz CT molecular complexity index is 3120. The lowest BCUT2D eigenvalue weighted by molar-refractivity contribution is -0.0399. The second kappa shape index (κ2) is 13.9. The van der Waals surface area contributed by atoms with Crippen molar-refractivity contribution in [3.05, 3.63) is 170 Å². The molecule has 296 valence electrons. The molecule has 0 radical (unpaired) electrons. The zero-order chi connectivity index (χ0) is 40.8. The van der Waals surface area contributed by atoms with Crippen LogP contribution in [0.2, 0.25) is 0 Å². The minimum atomic E-state index is -0.00681. The highest BCUT2D eigenvalue weighted by Gasteiger charge is 2.61. The van der Waals surface area contributed by atoms with E-state index in [0.29, 0.717) is 29.3 Å². The van der Waals surface area contributed by atoms with Crippen LogP contribution in [0.4, 0.5) is 0 Å². The molecule has 4 fully saturated rings. The molecule has 8 heteroatoms. The maximum absolute atomic E-state index is 5.18. The molecule has 5 aliphatic rings. The quantitative estimate of drug-likeness (QED) is 0.164. The largest absolute Gasteiger partial charge is 0.265 e. The Morgan fingerprint density at radius 1 is 0.403 bits per heavy atom. The van der Waals surface area contributed by atoms with Crippen LogP contribution < -0.4 is 0 Å². The number of para-hydroxylation sites is 1. The van der Waals surface area contributed by atoms with Gasteiger partial charge in [0.2, 0.25) is 0 Å². The van der Waals surface area contributed by atoms with Crippen molar-refractivity contribution >= 4 is 10.9 Å². The number of pyridine rings is 3. The van der Waals surface area contributed by atoms with Crippen molar-refractivity contribution in [2.75, 3.05) is 0 Å². The molecular formula is C54H40N8. The van der Waals surface area contributed by atoms with E-state index in [1.165, 1.54) is 59.9 Å². The maximum Gasteiger partial charge on any atom is 0.164 e. The van der Waals surface area contributed by atoms with Gasteiger partial charge in [-0.3, -0.25) is 15.0 Å². The summed E-state index contributed by atoms with van der Waals surface area (Å²) in [6.45, 7) is 0. The summed E-state index contributed by atoms with van der Waals surface area (Å²) in [6, 6.07) is 41.6. The van der Waals surface area contributed by atoms with Crippen LogP contribution in [0.3, 0.4) is 0 Å². The summed E-state index contributed by atoms with van der Waals surface area (Å²) in [5.41, 5.74) is 16.0. The first-order chi connectivity index (χ1) is 30.7. The molecule has 0 atom stereocenters. The Hall–Kier alpha value is -7.32. The molecule has 4 aromatic carbocycles. The van der Waals surface area contributed by atoms with Crippen molar-refractivity contribution in [2.45, 2.75) is 37.5 Å². The number of hydrogen-bond donors (Lipinski definition) is 0. The Balaban J connectivity index is 1.03. The fourth-order valence-corrected chi connectivity index (χ4v) is 12.2. The number of hydrogen-bond acceptors (Lipinski definition) is 8. The topological polar surface area (TPSA) is 103 Å². The summed E-state index contributed by atoms with van der Waals surface area (Å²) >= 11 is 0. The van der Waals surface area contributed by atoms with E-state index >= 15 is 0 Å². The Kier molecular flexibility index (Phi) is 7.92. The van der Waals surface area contributed by atoms with Crippen LogP contribution in [0.25, 0.3) is 89.7 Å². The van der Waals surface area contributed by atoms with Crippen molar-refractivity contribution in [3.63, 3.8) is 0 Å². The SMILES string of the molecule is c1ccc2c(-c3cc(-c4ccc5c(c4)C4(c6ccc(-c7ccncn7)cc6-5)C5CC6CC(C5)CC4C6)cc(-c4nc(-c5ccncc5)nc(-c5ccncc5)n4)c3)ccnc2c1. The van der Waals surface area contributed by atoms with Crippen molar-refractivity contribution in [3.8, 4) is 78.8 Å². The lowest BCUT2D eigenvalue weighted by atomic mass is 9.43. The fourth-order valence-electron chi connectivity index (χ4n) is 12.2. The highest BCUT2D eigenvalue weighted by atomic mass is 15.0. The van der Waals surface area contributed by atoms with Gasteiger partial charge < -0.3 is 0 Å². The molecule has 0 unspecified atom stereocenters. The monoisotopic (exact) mass is 800 g/mol. The van der Waals surface area contributed by atoms with Gasteiger partial charge in [-0.1, -0.05) is 42.5 Å². The molecule has 62 heavy (non-hydrogen) atoms. The summed E-state index contributed by atoms with van der Waals surface area (Å²) in [4.78, 5) is 37.5. The minimum Gasteiger partial charge on any atom is -0.265 e. The number of benzene rings is 4. The number of rotatable bonds is 6. The predicted octanol–water partition coefficient (Wildman–Crippen LogP) is 11.7. The standard InChI is InChI=1S/C54H40N8/c1-2-4-50-45(3-1)43(13-20-58-50)39-26-38(27-40(28-39)53-61-51(34-9-15-55-16-10-34)60-52(62-53)35-11-17-56-18-12-35)36-5-7-44-46-29-37(49-14-19-57-31-59-49)6-8-47(46)54(48(44)30-36)41-22-32-21-33(24-41)25-42(54)23-32/h1-20,26-33,41-42H,21-25H2. The maximum atomic E-state index is 5.18. The van der Waals surface area contributed by atoms with Crippen LogP contribution in [0.1, 0.15) is 43.2 Å². The molecule has 14 rings (SSSR count). The third-order valence-electron chi connectivity index (χ3n) is 14.5. The van der Waals surface area contributed by atoms with Crippen molar-refractivity contribution in [1.29, 1.82) is 0 Å². The van der Waals surface area contributed by atoms with Crippen LogP contribution >= 0.6 is 0 Å². The number of fused-ring (bicyclic) bond motifs is 4. The van der Waals surface area contributed by atoms with Gasteiger partial charge in [-0.2, -0.15) is 0 Å². The van der Waals surface area contributed by atoms with E-state index in [0.717, 1.165) is 67.4 Å². The van der Waals surface area contributed by atoms with Crippen LogP contribution in [0.15, 0.2) is 159 Å². The van der Waals surface area contributed by atoms with E-state index in [9.17, 15) is 0 Å². The van der Waals surface area contributed by atoms with E-state index < -0.39 is 0 Å². The zero-order valence-corrected chi connectivity index (χ0v) is 33.9. The van der Waals surface area contributed by atoms with E-state index in [1.807, 2.05) is 48.8 Å². The number of nitrogens with zero attached hydrogens (tertiary/aromatic N) is 8. The first-order valence-electron chi connectivity index (χ1n) is 21.8. The average molecular weight is 801 g/mol. The second-order valence-electron chi connectivity index (χ2n) is 17.7. The molecule has 4 bridgehead atoms. The molecule has 1 spiro atoms. The van der Waals surface area contributed by atoms with Crippen molar-refractivity contribution in [2.24, 2.45) is 23.7 Å². The molecule has 9 aromatic rings. The van der Waals surface area contributed by atoms with E-state index in [1.54, 1.807) is 31.1 Å². The molecule has 0 N–H and O–H groups in total. The van der Waals surface area contributed by atoms with Crippen LogP contribution in [-0.2, 0) is 5.41 Å². The summed E-state index contributed by atoms with van der Waals surface area (Å²) in [6.07, 6.45) is 19.2. The molecular weight excluding hydrogens is 761 g/mol. The van der Waals surface area contributed by atoms with E-state index in [2.05, 4.69) is 98.8 Å².